The van der Waals surface area contributed by atoms with Crippen molar-refractivity contribution < 1.29 is 4.79 Å². The maximum Gasteiger partial charge on any atom is 0.257 e. The predicted octanol–water partition coefficient (Wildman–Crippen LogP) is 4.47. The van der Waals surface area contributed by atoms with Crippen molar-refractivity contribution in [2.24, 2.45) is 0 Å². The summed E-state index contributed by atoms with van der Waals surface area (Å²) in [5.74, 6) is -0.0603. The summed E-state index contributed by atoms with van der Waals surface area (Å²) in [5, 5.41) is 6.15. The minimum Gasteiger partial charge on any atom is -0.372 e. The van der Waals surface area contributed by atoms with Crippen LogP contribution in [-0.2, 0) is 4.79 Å². The largest absolute Gasteiger partial charge is 0.372 e. The molecule has 128 valence electrons. The lowest BCUT2D eigenvalue weighted by atomic mass is 10.1. The number of carbonyl (C=O) groups is 1. The van der Waals surface area contributed by atoms with Crippen molar-refractivity contribution in [3.8, 4) is 0 Å². The van der Waals surface area contributed by atoms with Crippen LogP contribution < -0.4 is 15.5 Å². The number of anilines is 3. The average molecular weight is 333 g/mol. The molecule has 0 bridgehead atoms. The van der Waals surface area contributed by atoms with E-state index in [0.717, 1.165) is 30.0 Å². The quantitative estimate of drug-likeness (QED) is 0.815. The summed E-state index contributed by atoms with van der Waals surface area (Å²) in [7, 11) is 0. The number of amides is 1. The van der Waals surface area contributed by atoms with Crippen molar-refractivity contribution in [1.82, 2.24) is 0 Å². The van der Waals surface area contributed by atoms with Gasteiger partial charge in [0, 0.05) is 41.9 Å². The first-order chi connectivity index (χ1) is 12.3. The van der Waals surface area contributed by atoms with Gasteiger partial charge in [-0.05, 0) is 43.2 Å². The number of rotatable bonds is 3. The Morgan fingerprint density at radius 1 is 0.920 bits per heavy atom. The highest BCUT2D eigenvalue weighted by Gasteiger charge is 2.23. The Kier molecular flexibility index (Phi) is 4.42. The van der Waals surface area contributed by atoms with Crippen LogP contribution in [0.2, 0.25) is 0 Å². The summed E-state index contributed by atoms with van der Waals surface area (Å²) in [6.45, 7) is 2.29. The third-order valence-electron chi connectivity index (χ3n) is 4.93. The van der Waals surface area contributed by atoms with E-state index in [-0.39, 0.29) is 5.91 Å². The zero-order chi connectivity index (χ0) is 17.1. The molecule has 2 aliphatic rings. The SMILES string of the molecule is O=C1Nc2ccccc2/C1=C\Nc1ccc(N2CCCCCC2)cc1. The maximum absolute atomic E-state index is 12.1. The van der Waals surface area contributed by atoms with E-state index in [0.29, 0.717) is 5.57 Å². The molecule has 0 unspecified atom stereocenters. The standard InChI is InChI=1S/C21H23N3O/c25-21-19(18-7-3-4-8-20(18)23-21)15-22-16-9-11-17(12-10-16)24-13-5-1-2-6-14-24/h3-4,7-12,15,22H,1-2,5-6,13-14H2,(H,23,25)/b19-15+. The lowest BCUT2D eigenvalue weighted by molar-refractivity contribution is -0.110. The Balaban J connectivity index is 1.47. The number of hydrogen-bond acceptors (Lipinski definition) is 3. The Labute approximate surface area is 148 Å². The van der Waals surface area contributed by atoms with E-state index in [1.165, 1.54) is 31.4 Å². The van der Waals surface area contributed by atoms with E-state index >= 15 is 0 Å². The van der Waals surface area contributed by atoms with Crippen LogP contribution in [-0.4, -0.2) is 19.0 Å². The van der Waals surface area contributed by atoms with Crippen molar-refractivity contribution in [2.75, 3.05) is 28.6 Å². The normalized spacial score (nSPS) is 18.6. The molecule has 2 aliphatic heterocycles. The molecule has 4 nitrogen and oxygen atoms in total. The van der Waals surface area contributed by atoms with E-state index in [9.17, 15) is 4.79 Å². The molecule has 4 rings (SSSR count). The summed E-state index contributed by atoms with van der Waals surface area (Å²) in [6, 6.07) is 16.2. The van der Waals surface area contributed by atoms with Gasteiger partial charge in [0.1, 0.15) is 0 Å². The molecule has 0 spiro atoms. The Morgan fingerprint density at radius 3 is 2.40 bits per heavy atom. The molecule has 1 fully saturated rings. The molecule has 0 aromatic heterocycles. The Hall–Kier alpha value is -2.75. The monoisotopic (exact) mass is 333 g/mol. The minimum absolute atomic E-state index is 0.0603. The number of fused-ring (bicyclic) bond motifs is 1. The van der Waals surface area contributed by atoms with Crippen LogP contribution >= 0.6 is 0 Å². The summed E-state index contributed by atoms with van der Waals surface area (Å²) in [4.78, 5) is 14.6. The summed E-state index contributed by atoms with van der Waals surface area (Å²) >= 11 is 0. The van der Waals surface area contributed by atoms with Crippen LogP contribution in [0.15, 0.2) is 54.7 Å². The zero-order valence-corrected chi connectivity index (χ0v) is 14.3. The molecule has 25 heavy (non-hydrogen) atoms. The van der Waals surface area contributed by atoms with Gasteiger partial charge >= 0.3 is 0 Å². The van der Waals surface area contributed by atoms with Gasteiger partial charge in [-0.15, -0.1) is 0 Å². The smallest absolute Gasteiger partial charge is 0.257 e. The molecular formula is C21H23N3O. The Morgan fingerprint density at radius 2 is 1.64 bits per heavy atom. The molecule has 2 aromatic rings. The van der Waals surface area contributed by atoms with Crippen LogP contribution in [0.3, 0.4) is 0 Å². The van der Waals surface area contributed by atoms with Gasteiger partial charge in [0.05, 0.1) is 5.57 Å². The van der Waals surface area contributed by atoms with Crippen molar-refractivity contribution in [2.45, 2.75) is 25.7 Å². The van der Waals surface area contributed by atoms with E-state index in [4.69, 9.17) is 0 Å². The van der Waals surface area contributed by atoms with Crippen LogP contribution in [0, 0.1) is 0 Å². The van der Waals surface area contributed by atoms with Crippen LogP contribution in [0.1, 0.15) is 31.2 Å². The van der Waals surface area contributed by atoms with Gasteiger partial charge in [0.2, 0.25) is 0 Å². The first-order valence-corrected chi connectivity index (χ1v) is 9.04. The van der Waals surface area contributed by atoms with Crippen LogP contribution in [0.25, 0.3) is 5.57 Å². The molecule has 0 radical (unpaired) electrons. The molecule has 0 aliphatic carbocycles. The number of para-hydroxylation sites is 1. The second-order valence-electron chi connectivity index (χ2n) is 6.65. The molecule has 1 saturated heterocycles. The van der Waals surface area contributed by atoms with Crippen molar-refractivity contribution in [3.63, 3.8) is 0 Å². The van der Waals surface area contributed by atoms with Gasteiger partial charge in [-0.1, -0.05) is 31.0 Å². The highest BCUT2D eigenvalue weighted by Crippen LogP contribution is 2.31. The number of nitrogens with one attached hydrogen (secondary N) is 2. The number of hydrogen-bond donors (Lipinski definition) is 2. The first kappa shape index (κ1) is 15.8. The average Bonchev–Trinajstić information content (AvgIpc) is 2.80. The molecular weight excluding hydrogens is 310 g/mol. The molecule has 4 heteroatoms. The summed E-state index contributed by atoms with van der Waals surface area (Å²) in [5.41, 5.74) is 4.76. The van der Waals surface area contributed by atoms with E-state index in [1.54, 1.807) is 6.20 Å². The molecule has 1 amide bonds. The predicted molar refractivity (Wildman–Crippen MR) is 104 cm³/mol. The second kappa shape index (κ2) is 7.01. The molecule has 2 aromatic carbocycles. The lowest BCUT2D eigenvalue weighted by Gasteiger charge is -2.22. The van der Waals surface area contributed by atoms with Gasteiger partial charge in [-0.3, -0.25) is 4.79 Å². The maximum atomic E-state index is 12.1. The molecule has 0 atom stereocenters. The van der Waals surface area contributed by atoms with Crippen LogP contribution in [0.4, 0.5) is 17.1 Å². The Bertz CT molecular complexity index is 787. The third-order valence-corrected chi connectivity index (χ3v) is 4.93. The molecule has 0 saturated carbocycles. The minimum atomic E-state index is -0.0603. The topological polar surface area (TPSA) is 44.4 Å². The number of nitrogens with zero attached hydrogens (tertiary/aromatic N) is 1. The number of carbonyl (C=O) groups excluding carboxylic acids is 1. The fourth-order valence-corrected chi connectivity index (χ4v) is 3.54. The third kappa shape index (κ3) is 3.38. The van der Waals surface area contributed by atoms with Gasteiger partial charge in [0.15, 0.2) is 0 Å². The van der Waals surface area contributed by atoms with E-state index in [2.05, 4.69) is 39.8 Å². The fourth-order valence-electron chi connectivity index (χ4n) is 3.54. The van der Waals surface area contributed by atoms with E-state index in [1.807, 2.05) is 24.3 Å². The summed E-state index contributed by atoms with van der Waals surface area (Å²) < 4.78 is 0. The number of benzene rings is 2. The van der Waals surface area contributed by atoms with E-state index < -0.39 is 0 Å². The van der Waals surface area contributed by atoms with Crippen molar-refractivity contribution in [1.29, 1.82) is 0 Å². The highest BCUT2D eigenvalue weighted by molar-refractivity contribution is 6.31. The second-order valence-corrected chi connectivity index (χ2v) is 6.65. The van der Waals surface area contributed by atoms with Crippen molar-refractivity contribution >= 4 is 28.5 Å². The van der Waals surface area contributed by atoms with Gasteiger partial charge < -0.3 is 15.5 Å². The first-order valence-electron chi connectivity index (χ1n) is 9.04. The van der Waals surface area contributed by atoms with Crippen molar-refractivity contribution in [3.05, 3.63) is 60.3 Å². The fraction of sp³-hybridized carbons (Fsp3) is 0.286. The van der Waals surface area contributed by atoms with Gasteiger partial charge in [-0.25, -0.2) is 0 Å². The summed E-state index contributed by atoms with van der Waals surface area (Å²) in [6.07, 6.45) is 7.03. The zero-order valence-electron chi connectivity index (χ0n) is 14.3. The highest BCUT2D eigenvalue weighted by atomic mass is 16.2. The lowest BCUT2D eigenvalue weighted by Crippen LogP contribution is -2.23. The van der Waals surface area contributed by atoms with Gasteiger partial charge in [-0.2, -0.15) is 0 Å². The molecule has 2 heterocycles. The molecule has 2 N–H and O–H groups in total. The van der Waals surface area contributed by atoms with Gasteiger partial charge in [0.25, 0.3) is 5.91 Å². The van der Waals surface area contributed by atoms with Crippen LogP contribution in [0.5, 0.6) is 0 Å².